The number of carbonyl (C=O) groups is 1. The Kier molecular flexibility index (Phi) is 6.64. The van der Waals surface area contributed by atoms with Crippen LogP contribution in [0.1, 0.15) is 24.0 Å². The summed E-state index contributed by atoms with van der Waals surface area (Å²) in [5.74, 6) is 1.46. The number of rotatable bonds is 6. The van der Waals surface area contributed by atoms with Crippen molar-refractivity contribution in [2.24, 2.45) is 0 Å². The van der Waals surface area contributed by atoms with E-state index in [-0.39, 0.29) is 11.9 Å². The molecule has 2 aliphatic rings. The van der Waals surface area contributed by atoms with Crippen molar-refractivity contribution in [3.8, 4) is 11.4 Å². The van der Waals surface area contributed by atoms with E-state index in [2.05, 4.69) is 21.0 Å². The summed E-state index contributed by atoms with van der Waals surface area (Å²) in [7, 11) is 0. The van der Waals surface area contributed by atoms with E-state index in [1.165, 1.54) is 11.8 Å². The van der Waals surface area contributed by atoms with Crippen molar-refractivity contribution < 1.29 is 14.3 Å². The molecule has 2 aliphatic heterocycles. The van der Waals surface area contributed by atoms with Crippen LogP contribution in [0.4, 0.5) is 5.95 Å². The molecule has 10 heteroatoms. The molecule has 0 spiro atoms. The molecule has 0 radical (unpaired) electrons. The molecule has 8 nitrogen and oxygen atoms in total. The normalized spacial score (nSPS) is 15.7. The summed E-state index contributed by atoms with van der Waals surface area (Å²) in [6, 6.07) is 8.00. The molecule has 0 saturated carbocycles. The molecular formula is C23H24ClN5O3S. The van der Waals surface area contributed by atoms with Gasteiger partial charge in [-0.15, -0.1) is 0 Å². The Morgan fingerprint density at radius 3 is 2.79 bits per heavy atom. The Balaban J connectivity index is 1.34. The first-order chi connectivity index (χ1) is 16.1. The molecule has 0 aliphatic carbocycles. The van der Waals surface area contributed by atoms with Crippen LogP contribution in [-0.4, -0.2) is 57.8 Å². The Morgan fingerprint density at radius 2 is 1.94 bits per heavy atom. The third kappa shape index (κ3) is 4.77. The Bertz CT molecular complexity index is 1200. The molecule has 3 heterocycles. The summed E-state index contributed by atoms with van der Waals surface area (Å²) in [5, 5.41) is 3.20. The van der Waals surface area contributed by atoms with Gasteiger partial charge in [0.05, 0.1) is 31.5 Å². The fourth-order valence-electron chi connectivity index (χ4n) is 4.25. The maximum atomic E-state index is 12.3. The number of hydrogen-bond acceptors (Lipinski definition) is 8. The summed E-state index contributed by atoms with van der Waals surface area (Å²) in [6.45, 7) is 3.65. The molecule has 1 aromatic heterocycles. The summed E-state index contributed by atoms with van der Waals surface area (Å²) < 4.78 is 11.0. The molecule has 1 fully saturated rings. The molecule has 0 unspecified atom stereocenters. The number of benzene rings is 2. The lowest BCUT2D eigenvalue weighted by Gasteiger charge is -2.26. The lowest BCUT2D eigenvalue weighted by molar-refractivity contribution is -0.135. The zero-order valence-corrected chi connectivity index (χ0v) is 19.6. The highest BCUT2D eigenvalue weighted by atomic mass is 35.5. The molecule has 0 atom stereocenters. The Hall–Kier alpha value is -2.46. The Morgan fingerprint density at radius 1 is 1.12 bits per heavy atom. The number of nitrogens with two attached hydrogens (primary N) is 1. The third-order valence-corrected chi connectivity index (χ3v) is 7.01. The van der Waals surface area contributed by atoms with Crippen molar-refractivity contribution in [3.63, 3.8) is 0 Å². The second-order valence-corrected chi connectivity index (χ2v) is 9.44. The van der Waals surface area contributed by atoms with Gasteiger partial charge >= 0.3 is 0 Å². The smallest absolute Gasteiger partial charge is 0.224 e. The number of halogens is 1. The maximum Gasteiger partial charge on any atom is 0.224 e. The van der Waals surface area contributed by atoms with E-state index in [0.29, 0.717) is 67.7 Å². The van der Waals surface area contributed by atoms with E-state index >= 15 is 0 Å². The van der Waals surface area contributed by atoms with Gasteiger partial charge in [0.2, 0.25) is 11.9 Å². The van der Waals surface area contributed by atoms with Crippen molar-refractivity contribution >= 4 is 46.0 Å². The Labute approximate surface area is 200 Å². The van der Waals surface area contributed by atoms with E-state index in [1.54, 1.807) is 0 Å². The van der Waals surface area contributed by atoms with E-state index in [1.807, 2.05) is 23.1 Å². The van der Waals surface area contributed by atoms with Gasteiger partial charge in [0, 0.05) is 30.8 Å². The fraction of sp³-hybridized carbons (Fsp3) is 0.391. The molecule has 1 saturated heterocycles. The zero-order chi connectivity index (χ0) is 22.8. The van der Waals surface area contributed by atoms with Crippen LogP contribution in [0, 0.1) is 0 Å². The molecule has 2 N–H and O–H groups in total. The van der Waals surface area contributed by atoms with Crippen LogP contribution in [0.2, 0.25) is 5.02 Å². The van der Waals surface area contributed by atoms with Gasteiger partial charge in [-0.3, -0.25) is 4.79 Å². The lowest BCUT2D eigenvalue weighted by Crippen LogP contribution is -2.40. The fourth-order valence-corrected chi connectivity index (χ4v) is 5.35. The SMILES string of the molecule is Nc1nc(SCCCC(=O)N2CCOCC2)nc(-c2c(Cl)cc3c4c(cccc24)COC3)n1. The standard InChI is InChI=1S/C23H24ClN5O3S/c24-17-11-15-13-32-12-14-3-1-4-16(19(14)15)20(17)21-26-22(25)28-23(27-21)33-10-2-5-18(30)29-6-8-31-9-7-29/h1,3-4,11H,2,5-10,12-13H2,(H2,25,26,27,28). The monoisotopic (exact) mass is 485 g/mol. The van der Waals surface area contributed by atoms with Crippen molar-refractivity contribution in [3.05, 3.63) is 40.4 Å². The van der Waals surface area contributed by atoms with E-state index in [9.17, 15) is 4.79 Å². The number of hydrogen-bond donors (Lipinski definition) is 1. The van der Waals surface area contributed by atoms with Crippen molar-refractivity contribution in [2.45, 2.75) is 31.2 Å². The summed E-state index contributed by atoms with van der Waals surface area (Å²) >= 11 is 8.15. The average Bonchev–Trinajstić information content (AvgIpc) is 2.82. The topological polar surface area (TPSA) is 103 Å². The van der Waals surface area contributed by atoms with Crippen LogP contribution in [0.25, 0.3) is 22.2 Å². The maximum absolute atomic E-state index is 12.3. The number of nitrogens with zero attached hydrogens (tertiary/aromatic N) is 4. The van der Waals surface area contributed by atoms with E-state index < -0.39 is 0 Å². The number of carbonyl (C=O) groups excluding carboxylic acids is 1. The lowest BCUT2D eigenvalue weighted by atomic mass is 9.94. The molecular weight excluding hydrogens is 462 g/mol. The first kappa shape index (κ1) is 22.3. The largest absolute Gasteiger partial charge is 0.378 e. The van der Waals surface area contributed by atoms with Gasteiger partial charge in [-0.2, -0.15) is 9.97 Å². The molecule has 1 amide bonds. The quantitative estimate of drug-likeness (QED) is 0.416. The molecule has 5 rings (SSSR count). The number of anilines is 1. The van der Waals surface area contributed by atoms with E-state index in [4.69, 9.17) is 26.8 Å². The first-order valence-electron chi connectivity index (χ1n) is 10.9. The predicted molar refractivity (Wildman–Crippen MR) is 128 cm³/mol. The molecule has 2 aromatic carbocycles. The van der Waals surface area contributed by atoms with Gasteiger partial charge in [0.1, 0.15) is 0 Å². The van der Waals surface area contributed by atoms with Gasteiger partial charge in [0.15, 0.2) is 11.0 Å². The highest BCUT2D eigenvalue weighted by Gasteiger charge is 2.21. The van der Waals surface area contributed by atoms with Gasteiger partial charge in [0.25, 0.3) is 0 Å². The third-order valence-electron chi connectivity index (χ3n) is 5.78. The van der Waals surface area contributed by atoms with Crippen molar-refractivity contribution in [2.75, 3.05) is 37.8 Å². The number of nitrogen functional groups attached to an aromatic ring is 1. The average molecular weight is 486 g/mol. The highest BCUT2D eigenvalue weighted by Crippen LogP contribution is 2.39. The van der Waals surface area contributed by atoms with Crippen molar-refractivity contribution in [1.29, 1.82) is 0 Å². The predicted octanol–water partition coefficient (Wildman–Crippen LogP) is 3.69. The second-order valence-electron chi connectivity index (χ2n) is 7.97. The molecule has 3 aromatic rings. The number of thioether (sulfide) groups is 1. The van der Waals surface area contributed by atoms with Crippen molar-refractivity contribution in [1.82, 2.24) is 19.9 Å². The molecule has 172 valence electrons. The van der Waals surface area contributed by atoms with Gasteiger partial charge in [-0.05, 0) is 34.4 Å². The highest BCUT2D eigenvalue weighted by molar-refractivity contribution is 7.99. The van der Waals surface area contributed by atoms with E-state index in [0.717, 1.165) is 33.9 Å². The molecule has 0 bridgehead atoms. The first-order valence-corrected chi connectivity index (χ1v) is 12.3. The van der Waals surface area contributed by atoms with Crippen LogP contribution in [-0.2, 0) is 27.5 Å². The van der Waals surface area contributed by atoms with Gasteiger partial charge < -0.3 is 20.1 Å². The summed E-state index contributed by atoms with van der Waals surface area (Å²) in [6.07, 6.45) is 1.22. The number of amides is 1. The molecule has 33 heavy (non-hydrogen) atoms. The minimum absolute atomic E-state index is 0.145. The van der Waals surface area contributed by atoms with Crippen LogP contribution >= 0.6 is 23.4 Å². The number of morpholine rings is 1. The van der Waals surface area contributed by atoms with Crippen LogP contribution in [0.15, 0.2) is 29.4 Å². The van der Waals surface area contributed by atoms with Crippen LogP contribution in [0.3, 0.4) is 0 Å². The van der Waals surface area contributed by atoms with Crippen LogP contribution in [0.5, 0.6) is 0 Å². The minimum atomic E-state index is 0.145. The minimum Gasteiger partial charge on any atom is -0.378 e. The van der Waals surface area contributed by atoms with Gasteiger partial charge in [-0.1, -0.05) is 41.6 Å². The summed E-state index contributed by atoms with van der Waals surface area (Å²) in [5.41, 5.74) is 8.95. The zero-order valence-electron chi connectivity index (χ0n) is 18.1. The van der Waals surface area contributed by atoms with Gasteiger partial charge in [-0.25, -0.2) is 4.98 Å². The number of aromatic nitrogens is 3. The van der Waals surface area contributed by atoms with Crippen LogP contribution < -0.4 is 5.73 Å². The summed E-state index contributed by atoms with van der Waals surface area (Å²) in [4.78, 5) is 27.5. The number of ether oxygens (including phenoxy) is 2. The second kappa shape index (κ2) is 9.80.